The zero-order chi connectivity index (χ0) is 108. The number of nitrogens with two attached hydrogens (primary N) is 1. The van der Waals surface area contributed by atoms with Crippen LogP contribution < -0.4 is 46.9 Å². The average Bonchev–Trinajstić information content (AvgIpc) is 0.782. The predicted molar refractivity (Wildman–Crippen MR) is 468 cm³/mol. The van der Waals surface area contributed by atoms with Crippen LogP contribution in [0.4, 0.5) is 105 Å². The molecule has 3 unspecified atom stereocenters. The number of carbonyl (C=O) groups is 3. The molecule has 0 spiro atoms. The summed E-state index contributed by atoms with van der Waals surface area (Å²) < 4.78 is 361. The first kappa shape index (κ1) is 108. The molecule has 1 amide bonds. The van der Waals surface area contributed by atoms with Crippen molar-refractivity contribution in [2.24, 2.45) is 5.73 Å². The molecular weight excluding hydrogens is 2050 g/mol. The van der Waals surface area contributed by atoms with Gasteiger partial charge >= 0.3 is 30.7 Å². The quantitative estimate of drug-likeness (QED) is 0.0248. The summed E-state index contributed by atoms with van der Waals surface area (Å²) in [4.78, 5) is 111. The number of halogens is 24. The number of ether oxygens (including phenoxy) is 4. The number of nitriles is 1. The van der Waals surface area contributed by atoms with Crippen LogP contribution in [0.25, 0.3) is 43.6 Å². The number of aliphatic hydroxyl groups excluding tert-OH is 2. The van der Waals surface area contributed by atoms with Gasteiger partial charge in [0.1, 0.15) is 115 Å². The second-order valence-electron chi connectivity index (χ2n) is 32.1. The normalized spacial score (nSPS) is 12.4. The molecule has 148 heavy (non-hydrogen) atoms. The molecule has 8 heterocycles. The number of carboxylic acid groups (broad SMARTS) is 1. The molecule has 0 radical (unpaired) electrons. The molecule has 8 aromatic heterocycles. The molecule has 766 valence electrons. The van der Waals surface area contributed by atoms with Crippen LogP contribution >= 0.6 is 0 Å². The molecule has 0 aliphatic carbocycles. The van der Waals surface area contributed by atoms with E-state index in [0.29, 0.717) is 72.9 Å². The van der Waals surface area contributed by atoms with E-state index in [0.717, 1.165) is 80.3 Å². The highest BCUT2D eigenvalue weighted by molar-refractivity contribution is 6.69. The number of primary amides is 1. The number of carboxylic acids is 1. The van der Waals surface area contributed by atoms with Crippen LogP contribution in [0.15, 0.2) is 215 Å². The van der Waals surface area contributed by atoms with E-state index in [4.69, 9.17) is 34.2 Å². The molecule has 54 heteroatoms. The summed E-state index contributed by atoms with van der Waals surface area (Å²) in [5, 5.41) is 36.9. The molecule has 0 saturated carbocycles. The van der Waals surface area contributed by atoms with Gasteiger partial charge in [0, 0.05) is 118 Å². The smallest absolute Gasteiger partial charge is 0.421 e. The van der Waals surface area contributed by atoms with Crippen LogP contribution in [0.5, 0.6) is 46.5 Å². The number of alkyl halides is 12. The van der Waals surface area contributed by atoms with Crippen molar-refractivity contribution in [3.8, 4) is 52.6 Å². The van der Waals surface area contributed by atoms with Gasteiger partial charge in [-0.2, -0.15) is 77.9 Å². The summed E-state index contributed by atoms with van der Waals surface area (Å²) in [5.41, 5.74) is -6.91. The Balaban J connectivity index is 0.000000165. The Morgan fingerprint density at radius 3 is 0.858 bits per heavy atom. The number of rotatable bonds is 24. The maximum absolute atomic E-state index is 14.2. The van der Waals surface area contributed by atoms with E-state index in [1.165, 1.54) is 60.7 Å². The minimum Gasteiger partial charge on any atom is -0.479 e. The molecule has 0 saturated heterocycles. The maximum atomic E-state index is 14.2. The third-order valence-corrected chi connectivity index (χ3v) is 21.7. The molecule has 0 fully saturated rings. The van der Waals surface area contributed by atoms with Gasteiger partial charge in [-0.3, -0.25) is 28.8 Å². The highest BCUT2D eigenvalue weighted by Crippen LogP contribution is 2.45. The molecule has 0 aliphatic rings. The van der Waals surface area contributed by atoms with Gasteiger partial charge in [0.05, 0.1) is 101 Å². The maximum Gasteiger partial charge on any atom is 0.421 e. The first-order chi connectivity index (χ1) is 69.4. The zero-order valence-electron chi connectivity index (χ0n) is 74.3. The molecule has 16 aromatic rings. The fourth-order valence-electron chi connectivity index (χ4n) is 13.9. The van der Waals surface area contributed by atoms with Crippen LogP contribution in [0, 0.1) is 81.1 Å². The van der Waals surface area contributed by atoms with Crippen molar-refractivity contribution in [1.82, 2.24) is 58.1 Å². The van der Waals surface area contributed by atoms with Gasteiger partial charge in [-0.1, -0.05) is 0 Å². The van der Waals surface area contributed by atoms with E-state index in [1.807, 2.05) is 6.07 Å². The molecule has 0 aliphatic heterocycles. The Morgan fingerprint density at radius 2 is 0.622 bits per heavy atom. The number of hydrogen-bond acceptors (Lipinski definition) is 23. The van der Waals surface area contributed by atoms with Crippen molar-refractivity contribution in [2.75, 3.05) is 0 Å². The van der Waals surface area contributed by atoms with Gasteiger partial charge in [0.15, 0.2) is 32.9 Å². The van der Waals surface area contributed by atoms with E-state index in [-0.39, 0.29) is 84.0 Å². The van der Waals surface area contributed by atoms with Crippen molar-refractivity contribution >= 4 is 70.1 Å². The first-order valence-corrected chi connectivity index (χ1v) is 44.7. The zero-order valence-corrected chi connectivity index (χ0v) is 75.3. The average molecular weight is 2110 g/mol. The summed E-state index contributed by atoms with van der Waals surface area (Å²) in [7, 11) is -2.29. The Bertz CT molecular complexity index is 7920. The topological polar surface area (TPSA) is 399 Å². The standard InChI is InChI=1S/C26H20F6N4O3Si.C23H14F6N4O4.C23H13F6N3O5.C22H11F6N3O3/c1-40(2,3)39-23(10-33)14-6-19(26(30,31)32)25(34-11-14)38-16-4-5-22-17(9-16)24(37)35-13-36(22)12-18-20(28)7-15(27)8-21(18)29;24-11-4-16(25)14(17(26)5-11)8-33-9-32-21(36)13-6-12(1-2-18(13)33)37-22-15(23(27,28)29)3-10(7-31-22)19(34)20(30)35;24-11-4-16(25)14(17(26)5-11)8-32-9-31-20(34)13-6-12(1-2-18(13)32)37-21-15(23(27,28)29)3-10(7-30-21)19(33)22(35)36;23-12-4-17(24)15(18(25)5-12)8-31-10-30-20(33)14-6-13(1-2-19(14)31)34-21-16(22(26,27)28)3-11(9-32)7-29-21/h4-9,11,13,23H,12H2,1-3H3;1-7,9,19,34H,8H2,(H2,30,35);1-7,9,19,33H,8H2,(H,35,36);1-7,9-10H,8H2. The van der Waals surface area contributed by atoms with Gasteiger partial charge in [0.25, 0.3) is 28.1 Å². The lowest BCUT2D eigenvalue weighted by Crippen LogP contribution is -2.27. The minimum atomic E-state index is -5.05. The Labute approximate surface area is 809 Å². The third-order valence-electron chi connectivity index (χ3n) is 20.8. The number of pyridine rings is 4. The fourth-order valence-corrected chi connectivity index (χ4v) is 14.8. The van der Waals surface area contributed by atoms with Crippen molar-refractivity contribution in [3.63, 3.8) is 0 Å². The summed E-state index contributed by atoms with van der Waals surface area (Å²) >= 11 is 0. The Hall–Kier alpha value is -17.4. The van der Waals surface area contributed by atoms with Gasteiger partial charge in [-0.05, 0) is 117 Å². The van der Waals surface area contributed by atoms with E-state index in [9.17, 15) is 154 Å². The number of aliphatic hydroxyl groups is 2. The number of aldehydes is 1. The van der Waals surface area contributed by atoms with Crippen LogP contribution in [-0.2, 0) is 64.9 Å². The van der Waals surface area contributed by atoms with Crippen LogP contribution in [0.2, 0.25) is 19.6 Å². The lowest BCUT2D eigenvalue weighted by Gasteiger charge is -2.22. The lowest BCUT2D eigenvalue weighted by molar-refractivity contribution is -0.147. The second kappa shape index (κ2) is 43.3. The van der Waals surface area contributed by atoms with Crippen molar-refractivity contribution in [3.05, 3.63) is 374 Å². The van der Waals surface area contributed by atoms with E-state index in [1.54, 1.807) is 19.6 Å². The van der Waals surface area contributed by atoms with E-state index < -0.39 is 261 Å². The number of aromatic nitrogens is 12. The summed E-state index contributed by atoms with van der Waals surface area (Å²) in [6.07, 6.45) is -17.8. The number of hydrogen-bond donors (Lipinski definition) is 4. The Morgan fingerprint density at radius 1 is 0.378 bits per heavy atom. The number of amides is 1. The number of aliphatic carboxylic acids is 1. The summed E-state index contributed by atoms with van der Waals surface area (Å²) in [5.74, 6) is -21.4. The first-order valence-electron chi connectivity index (χ1n) is 41.3. The van der Waals surface area contributed by atoms with E-state index in [2.05, 4.69) is 39.9 Å². The van der Waals surface area contributed by atoms with E-state index >= 15 is 0 Å². The SMILES string of the molecule is C[Si](C)(C)OC(C#N)c1cnc(Oc2ccc3c(c2)c(=O)ncn3Cc2c(F)cc(F)cc2F)c(C(F)(F)F)c1.NC(=O)C(O)c1cnc(Oc2ccc3c(c2)c(=O)ncn3Cc2c(F)cc(F)cc2F)c(C(F)(F)F)c1.O=C(O)C(O)c1cnc(Oc2ccc3c(c2)c(=O)ncn3Cc2c(F)cc(F)cc2F)c(C(F)(F)F)c1.O=Cc1cnc(Oc2ccc3c(c2)c(=O)ncn3Cc2c(F)cc(F)cc2F)c(C(F)(F)F)c1. The highest BCUT2D eigenvalue weighted by Gasteiger charge is 2.42. The van der Waals surface area contributed by atoms with Gasteiger partial charge in [0.2, 0.25) is 23.5 Å². The number of fused-ring (bicyclic) bond motifs is 4. The van der Waals surface area contributed by atoms with Crippen LogP contribution in [0.1, 0.15) is 89.9 Å². The summed E-state index contributed by atoms with van der Waals surface area (Å²) in [6.45, 7) is 3.46. The minimum absolute atomic E-state index is 0.0828. The molecular formula is C94H58F24N14O15Si. The number of carbonyl (C=O) groups excluding carboxylic acids is 2. The van der Waals surface area contributed by atoms with Crippen LogP contribution in [0.3, 0.4) is 0 Å². The van der Waals surface area contributed by atoms with Crippen molar-refractivity contribution in [2.45, 2.75) is 88.8 Å². The molecule has 8 aromatic carbocycles. The molecule has 29 nitrogen and oxygen atoms in total. The number of benzene rings is 8. The van der Waals surface area contributed by atoms with Gasteiger partial charge < -0.3 is 62.7 Å². The summed E-state index contributed by atoms with van der Waals surface area (Å²) in [6, 6.07) is 22.0. The number of nitrogens with zero attached hydrogens (tertiary/aromatic N) is 13. The third kappa shape index (κ3) is 25.3. The van der Waals surface area contributed by atoms with Gasteiger partial charge in [-0.25, -0.2) is 77.4 Å². The highest BCUT2D eigenvalue weighted by atomic mass is 28.4. The van der Waals surface area contributed by atoms with Gasteiger partial charge in [-0.15, -0.1) is 0 Å². The Kier molecular flexibility index (Phi) is 31.6. The molecule has 3 atom stereocenters. The van der Waals surface area contributed by atoms with Crippen molar-refractivity contribution < 1.29 is 158 Å². The van der Waals surface area contributed by atoms with Crippen LogP contribution in [-0.4, -0.2) is 99.9 Å². The molecule has 5 N–H and O–H groups in total. The fraction of sp³-hybridized carbons (Fsp3) is 0.149. The monoisotopic (exact) mass is 2110 g/mol. The van der Waals surface area contributed by atoms with Crippen molar-refractivity contribution in [1.29, 1.82) is 5.26 Å². The largest absolute Gasteiger partial charge is 0.479 e. The molecule has 16 rings (SSSR count). The molecule has 0 bridgehead atoms. The predicted octanol–water partition coefficient (Wildman–Crippen LogP) is 19.1. The lowest BCUT2D eigenvalue weighted by atomic mass is 10.1. The second-order valence-corrected chi connectivity index (χ2v) is 36.6.